The Balaban J connectivity index is 2.72. The zero-order chi connectivity index (χ0) is 6.41. The van der Waals surface area contributed by atoms with Crippen molar-refractivity contribution in [2.45, 2.75) is 20.3 Å². The first-order valence-corrected chi connectivity index (χ1v) is 3.61. The lowest BCUT2D eigenvalue weighted by Gasteiger charge is -1.99. The van der Waals surface area contributed by atoms with E-state index in [2.05, 4.69) is 18.2 Å². The molecule has 0 aliphatic heterocycles. The summed E-state index contributed by atoms with van der Waals surface area (Å²) >= 11 is 1.09. The standard InChI is InChI=1S/C5H12O2S/c1-5(2)3-4-8-7-6/h5-6H,3-4H2,1-2H3. The van der Waals surface area contributed by atoms with Crippen molar-refractivity contribution in [3.63, 3.8) is 0 Å². The summed E-state index contributed by atoms with van der Waals surface area (Å²) in [5.74, 6) is 1.56. The van der Waals surface area contributed by atoms with E-state index in [1.54, 1.807) is 0 Å². The molecule has 0 amide bonds. The Morgan fingerprint density at radius 1 is 1.62 bits per heavy atom. The summed E-state index contributed by atoms with van der Waals surface area (Å²) in [6.45, 7) is 4.27. The quantitative estimate of drug-likeness (QED) is 0.278. The second-order valence-corrected chi connectivity index (χ2v) is 2.87. The smallest absolute Gasteiger partial charge is 0.0311 e. The molecular formula is C5H12O2S. The molecule has 0 atom stereocenters. The predicted octanol–water partition coefficient (Wildman–Crippen LogP) is 2.17. The third kappa shape index (κ3) is 6.27. The fourth-order valence-electron chi connectivity index (χ4n) is 0.321. The van der Waals surface area contributed by atoms with Crippen molar-refractivity contribution in [3.8, 4) is 0 Å². The Bertz CT molecular complexity index is 47.7. The highest BCUT2D eigenvalue weighted by atomic mass is 32.2. The largest absolute Gasteiger partial charge is 0.239 e. The van der Waals surface area contributed by atoms with Gasteiger partial charge in [-0.05, 0) is 12.3 Å². The minimum Gasteiger partial charge on any atom is -0.239 e. The van der Waals surface area contributed by atoms with Gasteiger partial charge in [0.2, 0.25) is 0 Å². The van der Waals surface area contributed by atoms with E-state index < -0.39 is 0 Å². The van der Waals surface area contributed by atoms with Crippen molar-refractivity contribution in [2.24, 2.45) is 5.92 Å². The van der Waals surface area contributed by atoms with Gasteiger partial charge in [0.25, 0.3) is 0 Å². The van der Waals surface area contributed by atoms with Crippen LogP contribution in [-0.2, 0) is 4.33 Å². The minimum atomic E-state index is 0.692. The molecule has 50 valence electrons. The average Bonchev–Trinajstić information content (AvgIpc) is 1.66. The second kappa shape index (κ2) is 5.41. The fourth-order valence-corrected chi connectivity index (χ4v) is 0.963. The van der Waals surface area contributed by atoms with Gasteiger partial charge < -0.3 is 0 Å². The minimum absolute atomic E-state index is 0.692. The molecule has 0 unspecified atom stereocenters. The maximum atomic E-state index is 7.84. The SMILES string of the molecule is CC(C)CCSOO. The van der Waals surface area contributed by atoms with Crippen LogP contribution < -0.4 is 0 Å². The highest BCUT2D eigenvalue weighted by molar-refractivity contribution is 7.94. The van der Waals surface area contributed by atoms with Gasteiger partial charge in [0.1, 0.15) is 0 Å². The normalized spacial score (nSPS) is 10.5. The van der Waals surface area contributed by atoms with Crippen LogP contribution >= 0.6 is 12.0 Å². The molecule has 0 aliphatic rings. The molecule has 0 fully saturated rings. The molecule has 2 nitrogen and oxygen atoms in total. The summed E-state index contributed by atoms with van der Waals surface area (Å²) in [7, 11) is 0. The molecule has 0 aromatic heterocycles. The molecule has 8 heavy (non-hydrogen) atoms. The van der Waals surface area contributed by atoms with Crippen LogP contribution in [0.15, 0.2) is 0 Å². The van der Waals surface area contributed by atoms with Crippen molar-refractivity contribution >= 4 is 12.0 Å². The van der Waals surface area contributed by atoms with E-state index in [1.807, 2.05) is 0 Å². The highest BCUT2D eigenvalue weighted by Crippen LogP contribution is 2.07. The molecule has 0 aromatic carbocycles. The fraction of sp³-hybridized carbons (Fsp3) is 1.00. The van der Waals surface area contributed by atoms with E-state index in [-0.39, 0.29) is 0 Å². The summed E-state index contributed by atoms with van der Waals surface area (Å²) in [4.78, 5) is 0. The van der Waals surface area contributed by atoms with Gasteiger partial charge in [-0.2, -0.15) is 4.33 Å². The molecular weight excluding hydrogens is 124 g/mol. The van der Waals surface area contributed by atoms with Crippen LogP contribution in [0.4, 0.5) is 0 Å². The van der Waals surface area contributed by atoms with E-state index in [0.717, 1.165) is 24.2 Å². The average molecular weight is 136 g/mol. The van der Waals surface area contributed by atoms with Gasteiger partial charge in [-0.25, -0.2) is 5.26 Å². The van der Waals surface area contributed by atoms with Crippen LogP contribution in [0.1, 0.15) is 20.3 Å². The maximum Gasteiger partial charge on any atom is 0.0311 e. The second-order valence-electron chi connectivity index (χ2n) is 2.08. The molecule has 0 heterocycles. The van der Waals surface area contributed by atoms with Gasteiger partial charge in [0.15, 0.2) is 0 Å². The molecule has 1 N–H and O–H groups in total. The lowest BCUT2D eigenvalue weighted by Crippen LogP contribution is -1.88. The van der Waals surface area contributed by atoms with Crippen LogP contribution in [-0.4, -0.2) is 11.0 Å². The summed E-state index contributed by atoms with van der Waals surface area (Å²) in [5.41, 5.74) is 0. The lowest BCUT2D eigenvalue weighted by atomic mass is 10.2. The molecule has 0 radical (unpaired) electrons. The van der Waals surface area contributed by atoms with E-state index in [4.69, 9.17) is 5.26 Å². The van der Waals surface area contributed by atoms with Crippen LogP contribution in [0.5, 0.6) is 0 Å². The first-order chi connectivity index (χ1) is 3.77. The number of rotatable bonds is 4. The van der Waals surface area contributed by atoms with Crippen LogP contribution in [0.25, 0.3) is 0 Å². The van der Waals surface area contributed by atoms with Crippen molar-refractivity contribution < 1.29 is 9.59 Å². The monoisotopic (exact) mass is 136 g/mol. The first kappa shape index (κ1) is 8.27. The van der Waals surface area contributed by atoms with Crippen molar-refractivity contribution in [1.29, 1.82) is 0 Å². The number of hydrogen-bond acceptors (Lipinski definition) is 3. The van der Waals surface area contributed by atoms with E-state index >= 15 is 0 Å². The molecule has 3 heteroatoms. The summed E-state index contributed by atoms with van der Waals surface area (Å²) < 4.78 is 3.81. The van der Waals surface area contributed by atoms with Crippen molar-refractivity contribution in [2.75, 3.05) is 5.75 Å². The Labute approximate surface area is 54.4 Å². The van der Waals surface area contributed by atoms with E-state index in [9.17, 15) is 0 Å². The van der Waals surface area contributed by atoms with E-state index in [0.29, 0.717) is 5.92 Å². The zero-order valence-electron chi connectivity index (χ0n) is 5.26. The van der Waals surface area contributed by atoms with Gasteiger partial charge in [-0.3, -0.25) is 0 Å². The molecule has 0 saturated carbocycles. The first-order valence-electron chi connectivity index (χ1n) is 2.70. The van der Waals surface area contributed by atoms with Gasteiger partial charge in [0, 0.05) is 17.8 Å². The molecule has 0 bridgehead atoms. The molecule has 0 rings (SSSR count). The van der Waals surface area contributed by atoms with Crippen molar-refractivity contribution in [3.05, 3.63) is 0 Å². The predicted molar refractivity (Wildman–Crippen MR) is 35.6 cm³/mol. The van der Waals surface area contributed by atoms with Crippen molar-refractivity contribution in [1.82, 2.24) is 0 Å². The van der Waals surface area contributed by atoms with Gasteiger partial charge in [-0.15, -0.1) is 0 Å². The molecule has 0 saturated heterocycles. The van der Waals surface area contributed by atoms with Gasteiger partial charge >= 0.3 is 0 Å². The molecule has 0 spiro atoms. The third-order valence-electron chi connectivity index (χ3n) is 0.831. The Morgan fingerprint density at radius 2 is 2.25 bits per heavy atom. The van der Waals surface area contributed by atoms with Crippen LogP contribution in [0, 0.1) is 5.92 Å². The molecule has 0 aromatic rings. The summed E-state index contributed by atoms with van der Waals surface area (Å²) in [6.07, 6.45) is 1.09. The highest BCUT2D eigenvalue weighted by Gasteiger charge is 1.92. The van der Waals surface area contributed by atoms with Gasteiger partial charge in [-0.1, -0.05) is 13.8 Å². The Hall–Kier alpha value is 0.270. The Morgan fingerprint density at radius 3 is 2.62 bits per heavy atom. The summed E-state index contributed by atoms with van der Waals surface area (Å²) in [6, 6.07) is 0. The molecule has 0 aliphatic carbocycles. The van der Waals surface area contributed by atoms with Crippen LogP contribution in [0.3, 0.4) is 0 Å². The Kier molecular flexibility index (Phi) is 5.59. The lowest BCUT2D eigenvalue weighted by molar-refractivity contribution is -0.116. The number of hydrogen-bond donors (Lipinski definition) is 1. The van der Waals surface area contributed by atoms with E-state index in [1.165, 1.54) is 0 Å². The third-order valence-corrected chi connectivity index (χ3v) is 1.34. The zero-order valence-corrected chi connectivity index (χ0v) is 6.07. The van der Waals surface area contributed by atoms with Gasteiger partial charge in [0.05, 0.1) is 0 Å². The maximum absolute atomic E-state index is 7.84. The van der Waals surface area contributed by atoms with Crippen LogP contribution in [0.2, 0.25) is 0 Å². The summed E-state index contributed by atoms with van der Waals surface area (Å²) in [5, 5.41) is 7.84. The topological polar surface area (TPSA) is 29.5 Å².